The maximum atomic E-state index is 4.74. The summed E-state index contributed by atoms with van der Waals surface area (Å²) in [5, 5.41) is 7.12. The van der Waals surface area contributed by atoms with E-state index in [1.54, 1.807) is 12.4 Å². The van der Waals surface area contributed by atoms with Crippen molar-refractivity contribution in [3.05, 3.63) is 176 Å². The van der Waals surface area contributed by atoms with Gasteiger partial charge in [0.05, 0.1) is 22.1 Å². The molecule has 49 heavy (non-hydrogen) atoms. The highest BCUT2D eigenvalue weighted by molar-refractivity contribution is 6.23. The van der Waals surface area contributed by atoms with Gasteiger partial charge in [0, 0.05) is 39.6 Å². The van der Waals surface area contributed by atoms with Crippen molar-refractivity contribution >= 4 is 54.4 Å². The molecule has 3 nitrogen and oxygen atoms in total. The number of para-hydroxylation sites is 1. The van der Waals surface area contributed by atoms with Gasteiger partial charge in [0.2, 0.25) is 0 Å². The molecule has 0 aliphatic carbocycles. The van der Waals surface area contributed by atoms with E-state index < -0.39 is 0 Å². The van der Waals surface area contributed by atoms with E-state index in [9.17, 15) is 0 Å². The van der Waals surface area contributed by atoms with E-state index in [0.29, 0.717) is 0 Å². The molecule has 10 aromatic rings. The quantitative estimate of drug-likeness (QED) is 0.183. The highest BCUT2D eigenvalue weighted by Crippen LogP contribution is 2.38. The lowest BCUT2D eigenvalue weighted by molar-refractivity contribution is 1.18. The minimum absolute atomic E-state index is 0.938. The van der Waals surface area contributed by atoms with Gasteiger partial charge in [-0.15, -0.1) is 0 Å². The first kappa shape index (κ1) is 27.5. The molecule has 8 aromatic carbocycles. The zero-order valence-corrected chi connectivity index (χ0v) is 26.6. The number of hydrogen-bond donors (Lipinski definition) is 0. The lowest BCUT2D eigenvalue weighted by atomic mass is 9.95. The molecule has 0 bridgehead atoms. The maximum Gasteiger partial charge on any atom is 0.0971 e. The SMILES string of the molecule is c1ccc(-c2ccc(-c3ccc4c(c3)c3ccccc3n4-c3cccc(-c4ccc5c(c4)c4ccccc4c4nccnc54)c3)cc2)cc1. The molecule has 0 fully saturated rings. The van der Waals surface area contributed by atoms with E-state index in [-0.39, 0.29) is 0 Å². The Morgan fingerprint density at radius 2 is 0.816 bits per heavy atom. The van der Waals surface area contributed by atoms with Crippen LogP contribution in [0.25, 0.3) is 93.5 Å². The summed E-state index contributed by atoms with van der Waals surface area (Å²) < 4.78 is 2.40. The second-order valence-corrected chi connectivity index (χ2v) is 12.6. The van der Waals surface area contributed by atoms with Gasteiger partial charge in [-0.2, -0.15) is 0 Å². The Morgan fingerprint density at radius 1 is 0.306 bits per heavy atom. The van der Waals surface area contributed by atoms with Gasteiger partial charge in [-0.1, -0.05) is 127 Å². The summed E-state index contributed by atoms with van der Waals surface area (Å²) in [4.78, 5) is 9.45. The van der Waals surface area contributed by atoms with Gasteiger partial charge in [-0.25, -0.2) is 0 Å². The molecule has 0 N–H and O–H groups in total. The average Bonchev–Trinajstić information content (AvgIpc) is 3.52. The molecule has 0 amide bonds. The molecule has 0 saturated carbocycles. The Balaban J connectivity index is 1.10. The van der Waals surface area contributed by atoms with E-state index in [1.165, 1.54) is 66.0 Å². The van der Waals surface area contributed by atoms with Gasteiger partial charge in [0.15, 0.2) is 0 Å². The monoisotopic (exact) mass is 623 g/mol. The molecule has 2 heterocycles. The van der Waals surface area contributed by atoms with E-state index in [0.717, 1.165) is 27.5 Å². The Labute approximate surface area is 283 Å². The summed E-state index contributed by atoms with van der Waals surface area (Å²) in [5.74, 6) is 0. The van der Waals surface area contributed by atoms with Crippen LogP contribution in [-0.4, -0.2) is 14.5 Å². The van der Waals surface area contributed by atoms with E-state index in [1.807, 2.05) is 0 Å². The first-order valence-electron chi connectivity index (χ1n) is 16.7. The molecule has 0 saturated heterocycles. The summed E-state index contributed by atoms with van der Waals surface area (Å²) in [5.41, 5.74) is 12.6. The minimum atomic E-state index is 0.938. The lowest BCUT2D eigenvalue weighted by Gasteiger charge is -2.13. The van der Waals surface area contributed by atoms with Crippen molar-refractivity contribution in [1.82, 2.24) is 14.5 Å². The largest absolute Gasteiger partial charge is 0.309 e. The first-order valence-corrected chi connectivity index (χ1v) is 16.7. The van der Waals surface area contributed by atoms with Crippen LogP contribution in [0, 0.1) is 0 Å². The normalized spacial score (nSPS) is 11.7. The van der Waals surface area contributed by atoms with Crippen LogP contribution in [-0.2, 0) is 0 Å². The molecular formula is C46H29N3. The van der Waals surface area contributed by atoms with Crippen molar-refractivity contribution in [2.75, 3.05) is 0 Å². The Bertz CT molecular complexity index is 2830. The van der Waals surface area contributed by atoms with Crippen molar-refractivity contribution in [3.8, 4) is 39.1 Å². The van der Waals surface area contributed by atoms with Gasteiger partial charge >= 0.3 is 0 Å². The van der Waals surface area contributed by atoms with Crippen LogP contribution < -0.4 is 0 Å². The Morgan fingerprint density at radius 3 is 1.61 bits per heavy atom. The minimum Gasteiger partial charge on any atom is -0.309 e. The predicted molar refractivity (Wildman–Crippen MR) is 205 cm³/mol. The Kier molecular flexibility index (Phi) is 6.18. The summed E-state index contributed by atoms with van der Waals surface area (Å²) in [6, 6.07) is 59.2. The molecule has 0 radical (unpaired) electrons. The number of nitrogens with zero attached hydrogens (tertiary/aromatic N) is 3. The van der Waals surface area contributed by atoms with Gasteiger partial charge in [-0.3, -0.25) is 9.97 Å². The smallest absolute Gasteiger partial charge is 0.0971 e. The van der Waals surface area contributed by atoms with Gasteiger partial charge in [0.1, 0.15) is 0 Å². The summed E-state index contributed by atoms with van der Waals surface area (Å²) in [6.45, 7) is 0. The highest BCUT2D eigenvalue weighted by Gasteiger charge is 2.15. The van der Waals surface area contributed by atoms with Crippen molar-refractivity contribution in [3.63, 3.8) is 0 Å². The molecule has 0 aliphatic heterocycles. The van der Waals surface area contributed by atoms with Crippen molar-refractivity contribution in [2.45, 2.75) is 0 Å². The number of rotatable bonds is 4. The number of hydrogen-bond acceptors (Lipinski definition) is 2. The van der Waals surface area contributed by atoms with Crippen LogP contribution in [0.5, 0.6) is 0 Å². The maximum absolute atomic E-state index is 4.74. The van der Waals surface area contributed by atoms with E-state index in [4.69, 9.17) is 9.97 Å². The zero-order valence-electron chi connectivity index (χ0n) is 26.6. The molecule has 10 rings (SSSR count). The summed E-state index contributed by atoms with van der Waals surface area (Å²) in [7, 11) is 0. The molecular weight excluding hydrogens is 595 g/mol. The van der Waals surface area contributed by atoms with Crippen molar-refractivity contribution in [1.29, 1.82) is 0 Å². The zero-order chi connectivity index (χ0) is 32.3. The molecule has 0 aliphatic rings. The van der Waals surface area contributed by atoms with Gasteiger partial charge in [-0.05, 0) is 80.6 Å². The molecule has 2 aromatic heterocycles. The van der Waals surface area contributed by atoms with Crippen LogP contribution in [0.3, 0.4) is 0 Å². The number of aromatic nitrogens is 3. The highest BCUT2D eigenvalue weighted by atomic mass is 15.0. The van der Waals surface area contributed by atoms with Crippen LogP contribution in [0.15, 0.2) is 176 Å². The fraction of sp³-hybridized carbons (Fsp3) is 0. The fourth-order valence-corrected chi connectivity index (χ4v) is 7.55. The average molecular weight is 624 g/mol. The third-order valence-electron chi connectivity index (χ3n) is 9.88. The number of fused-ring (bicyclic) bond motifs is 9. The summed E-state index contributed by atoms with van der Waals surface area (Å²) >= 11 is 0. The topological polar surface area (TPSA) is 30.7 Å². The first-order chi connectivity index (χ1) is 24.3. The van der Waals surface area contributed by atoms with Crippen LogP contribution in [0.2, 0.25) is 0 Å². The second kappa shape index (κ2) is 11.0. The van der Waals surface area contributed by atoms with E-state index >= 15 is 0 Å². The third kappa shape index (κ3) is 4.44. The van der Waals surface area contributed by atoms with Crippen LogP contribution in [0.1, 0.15) is 0 Å². The standard InChI is InChI=1S/C46H29N3/c1-2-9-30(10-3-1)31-17-19-32(20-18-31)34-22-24-44-42(29-34)38-14-6-7-16-43(38)49(44)36-12-8-11-33(27-36)35-21-23-40-41(28-35)37-13-4-5-15-39(37)45-46(40)48-26-25-47-45/h1-29H. The Hall–Kier alpha value is -6.58. The van der Waals surface area contributed by atoms with Crippen molar-refractivity contribution in [2.24, 2.45) is 0 Å². The second-order valence-electron chi connectivity index (χ2n) is 12.6. The molecule has 0 unspecified atom stereocenters. The molecule has 0 atom stereocenters. The fourth-order valence-electron chi connectivity index (χ4n) is 7.55. The molecule has 0 spiro atoms. The lowest BCUT2D eigenvalue weighted by Crippen LogP contribution is -1.94. The van der Waals surface area contributed by atoms with Crippen molar-refractivity contribution < 1.29 is 0 Å². The summed E-state index contributed by atoms with van der Waals surface area (Å²) in [6.07, 6.45) is 3.56. The van der Waals surface area contributed by atoms with Crippen LogP contribution >= 0.6 is 0 Å². The molecule has 228 valence electrons. The third-order valence-corrected chi connectivity index (χ3v) is 9.88. The molecule has 3 heteroatoms. The van der Waals surface area contributed by atoms with E-state index in [2.05, 4.69) is 168 Å². The number of benzene rings is 8. The van der Waals surface area contributed by atoms with Gasteiger partial charge in [0.25, 0.3) is 0 Å². The van der Waals surface area contributed by atoms with Gasteiger partial charge < -0.3 is 4.57 Å². The predicted octanol–water partition coefficient (Wildman–Crippen LogP) is 12.0. The van der Waals surface area contributed by atoms with Crippen LogP contribution in [0.4, 0.5) is 0 Å².